The molecule has 0 radical (unpaired) electrons. The van der Waals surface area contributed by atoms with Crippen LogP contribution in [0.4, 0.5) is 0 Å². The van der Waals surface area contributed by atoms with E-state index in [1.165, 1.54) is 16.5 Å². The van der Waals surface area contributed by atoms with Gasteiger partial charge in [0.25, 0.3) is 0 Å². The molecule has 0 aliphatic carbocycles. The van der Waals surface area contributed by atoms with Crippen LogP contribution in [0.3, 0.4) is 0 Å². The van der Waals surface area contributed by atoms with Crippen molar-refractivity contribution in [3.63, 3.8) is 0 Å². The molecule has 0 bridgehead atoms. The van der Waals surface area contributed by atoms with Gasteiger partial charge < -0.3 is 9.30 Å². The predicted octanol–water partition coefficient (Wildman–Crippen LogP) is 12.0. The normalized spacial score (nSPS) is 12.0. The number of aromatic nitrogens is 4. The Balaban J connectivity index is 0.00000464. The van der Waals surface area contributed by atoms with Crippen LogP contribution in [0, 0.1) is 36.8 Å². The first-order valence-electron chi connectivity index (χ1n) is 18.1. The number of ether oxygens (including phenoxy) is 1. The van der Waals surface area contributed by atoms with E-state index in [0.717, 1.165) is 76.1 Å². The molecule has 7 aromatic rings. The van der Waals surface area contributed by atoms with Crippen LogP contribution >= 0.6 is 0 Å². The fourth-order valence-corrected chi connectivity index (χ4v) is 6.84. The third-order valence-electron chi connectivity index (χ3n) is 9.63. The molecule has 0 aliphatic heterocycles. The van der Waals surface area contributed by atoms with Crippen molar-refractivity contribution >= 4 is 21.8 Å². The van der Waals surface area contributed by atoms with Crippen LogP contribution in [0.2, 0.25) is 0 Å². The Morgan fingerprint density at radius 1 is 0.692 bits per heavy atom. The number of aryl methyl sites for hydroxylation is 3. The van der Waals surface area contributed by atoms with Gasteiger partial charge in [0, 0.05) is 34.5 Å². The van der Waals surface area contributed by atoms with Gasteiger partial charge in [0.1, 0.15) is 5.82 Å². The van der Waals surface area contributed by atoms with Gasteiger partial charge in [-0.15, -0.1) is 35.7 Å². The maximum Gasteiger partial charge on any atom is 2.00 e. The molecule has 0 aliphatic rings. The molecule has 6 heteroatoms. The summed E-state index contributed by atoms with van der Waals surface area (Å²) >= 11 is 0. The Morgan fingerprint density at radius 2 is 1.38 bits per heavy atom. The maximum absolute atomic E-state index is 6.51. The number of nitrogens with zero attached hydrogens (tertiary/aromatic N) is 4. The largest absolute Gasteiger partial charge is 2.00 e. The first kappa shape index (κ1) is 37.3. The Morgan fingerprint density at radius 3 is 2.10 bits per heavy atom. The van der Waals surface area contributed by atoms with E-state index in [9.17, 15) is 0 Å². The number of hydrogen-bond donors (Lipinski definition) is 0. The SMILES string of the molecule is Cc1nn(-c2[c-]c(Oc3[c-]c4c(cc3)c3cc(CCC(C)(C)C)ccc3n4-c3cc(CCC(C)(C)C)ccn3)ccc2)c(C)c1-c1ccccc1.[Pt+2]. The predicted molar refractivity (Wildman–Crippen MR) is 210 cm³/mol. The van der Waals surface area contributed by atoms with E-state index in [1.807, 2.05) is 41.2 Å². The minimum absolute atomic E-state index is 0. The molecule has 7 rings (SSSR count). The molecule has 0 amide bonds. The molecule has 52 heavy (non-hydrogen) atoms. The van der Waals surface area contributed by atoms with E-state index in [0.29, 0.717) is 11.5 Å². The van der Waals surface area contributed by atoms with E-state index in [2.05, 4.69) is 133 Å². The average Bonchev–Trinajstić information content (AvgIpc) is 3.58. The summed E-state index contributed by atoms with van der Waals surface area (Å²) in [5.74, 6) is 2.12. The summed E-state index contributed by atoms with van der Waals surface area (Å²) in [6.07, 6.45) is 6.20. The number of rotatable bonds is 9. The van der Waals surface area contributed by atoms with Crippen LogP contribution in [0.1, 0.15) is 76.9 Å². The second-order valence-electron chi connectivity index (χ2n) is 16.2. The summed E-state index contributed by atoms with van der Waals surface area (Å²) in [5.41, 5.74) is 10.4. The van der Waals surface area contributed by atoms with Crippen molar-refractivity contribution in [1.82, 2.24) is 19.3 Å². The van der Waals surface area contributed by atoms with Crippen molar-refractivity contribution in [1.29, 1.82) is 0 Å². The Kier molecular flexibility index (Phi) is 10.7. The number of hydrogen-bond acceptors (Lipinski definition) is 3. The topological polar surface area (TPSA) is 44.9 Å². The van der Waals surface area contributed by atoms with E-state index < -0.39 is 0 Å². The van der Waals surface area contributed by atoms with Gasteiger partial charge in [0.05, 0.1) is 5.69 Å². The maximum atomic E-state index is 6.51. The molecule has 3 heterocycles. The first-order chi connectivity index (χ1) is 24.3. The summed E-state index contributed by atoms with van der Waals surface area (Å²) in [6.45, 7) is 17.9. The van der Waals surface area contributed by atoms with Gasteiger partial charge in [-0.3, -0.25) is 4.68 Å². The third kappa shape index (κ3) is 8.11. The van der Waals surface area contributed by atoms with Crippen LogP contribution in [0.5, 0.6) is 11.5 Å². The molecule has 0 atom stereocenters. The van der Waals surface area contributed by atoms with Crippen molar-refractivity contribution in [2.75, 3.05) is 0 Å². The minimum Gasteiger partial charge on any atom is -0.509 e. The smallest absolute Gasteiger partial charge is 0.509 e. The van der Waals surface area contributed by atoms with Gasteiger partial charge in [-0.2, -0.15) is 17.2 Å². The number of fused-ring (bicyclic) bond motifs is 3. The average molecular weight is 868 g/mol. The van der Waals surface area contributed by atoms with Gasteiger partial charge in [0.15, 0.2) is 0 Å². The quantitative estimate of drug-likeness (QED) is 0.136. The summed E-state index contributed by atoms with van der Waals surface area (Å²) in [6, 6.07) is 38.9. The Hall–Kier alpha value is -4.47. The molecule has 0 saturated carbocycles. The zero-order chi connectivity index (χ0) is 35.9. The van der Waals surface area contributed by atoms with Crippen LogP contribution in [0.25, 0.3) is 44.4 Å². The zero-order valence-electron chi connectivity index (χ0n) is 31.6. The molecular formula is C46H48N4OPt. The fourth-order valence-electron chi connectivity index (χ4n) is 6.84. The first-order valence-corrected chi connectivity index (χ1v) is 18.1. The summed E-state index contributed by atoms with van der Waals surface area (Å²) in [7, 11) is 0. The third-order valence-corrected chi connectivity index (χ3v) is 9.63. The molecule has 0 saturated heterocycles. The molecule has 0 fully saturated rings. The standard InChI is InChI=1S/C46H48N4O.Pt/c1-31-44(35-13-10-9-11-14-35)32(2)50(48-31)36-15-12-16-37(29-36)51-38-18-19-39-40-27-33(21-24-45(3,4)5)17-20-41(40)49(42(39)30-38)43-28-34(23-26-47-43)22-25-46(6,7)8;/h9-20,23,26-28H,21-22,24-25H2,1-8H3;/q-2;+2. The summed E-state index contributed by atoms with van der Waals surface area (Å²) < 4.78 is 10.7. The van der Waals surface area contributed by atoms with Gasteiger partial charge >= 0.3 is 21.1 Å². The van der Waals surface area contributed by atoms with E-state index in [-0.39, 0.29) is 31.9 Å². The molecule has 0 spiro atoms. The van der Waals surface area contributed by atoms with Gasteiger partial charge in [-0.1, -0.05) is 89.5 Å². The summed E-state index contributed by atoms with van der Waals surface area (Å²) in [5, 5.41) is 7.23. The van der Waals surface area contributed by atoms with Crippen molar-refractivity contribution in [2.45, 2.75) is 81.1 Å². The molecular weight excluding hydrogens is 820 g/mol. The number of pyridine rings is 1. The molecule has 0 unspecified atom stereocenters. The van der Waals surface area contributed by atoms with Gasteiger partial charge in [0.2, 0.25) is 0 Å². The Bertz CT molecular complexity index is 2340. The van der Waals surface area contributed by atoms with Crippen molar-refractivity contribution < 1.29 is 25.8 Å². The molecule has 268 valence electrons. The zero-order valence-corrected chi connectivity index (χ0v) is 33.9. The number of benzene rings is 4. The van der Waals surface area contributed by atoms with Gasteiger partial charge in [-0.25, -0.2) is 4.98 Å². The van der Waals surface area contributed by atoms with Crippen molar-refractivity contribution in [2.24, 2.45) is 10.8 Å². The van der Waals surface area contributed by atoms with Crippen LogP contribution in [-0.2, 0) is 33.9 Å². The van der Waals surface area contributed by atoms with E-state index >= 15 is 0 Å². The Labute approximate surface area is 323 Å². The monoisotopic (exact) mass is 867 g/mol. The van der Waals surface area contributed by atoms with E-state index in [1.54, 1.807) is 0 Å². The summed E-state index contributed by atoms with van der Waals surface area (Å²) in [4.78, 5) is 4.90. The second kappa shape index (κ2) is 14.9. The van der Waals surface area contributed by atoms with Crippen LogP contribution in [0.15, 0.2) is 97.2 Å². The molecule has 0 N–H and O–H groups in total. The van der Waals surface area contributed by atoms with Crippen LogP contribution in [-0.4, -0.2) is 19.3 Å². The van der Waals surface area contributed by atoms with Crippen molar-refractivity contribution in [3.8, 4) is 34.1 Å². The van der Waals surface area contributed by atoms with Crippen molar-refractivity contribution in [3.05, 3.63) is 132 Å². The molecule has 5 nitrogen and oxygen atoms in total. The molecule has 3 aromatic heterocycles. The van der Waals surface area contributed by atoms with E-state index in [4.69, 9.17) is 14.8 Å². The molecule has 4 aromatic carbocycles. The van der Waals surface area contributed by atoms with Crippen LogP contribution < -0.4 is 4.74 Å². The fraction of sp³-hybridized carbons (Fsp3) is 0.304. The second-order valence-corrected chi connectivity index (χ2v) is 16.2. The minimum atomic E-state index is 0. The van der Waals surface area contributed by atoms with Gasteiger partial charge in [-0.05, 0) is 96.3 Å².